The molecule has 0 aliphatic rings. The SMILES string of the molecule is CCn1ncc(C(=O)Nc2nn(Cc3ccc(Cl)cc3Cl)cc2Cl)c1C. The smallest absolute Gasteiger partial charge is 0.260 e. The third kappa shape index (κ3) is 3.87. The maximum atomic E-state index is 12.5. The number of halogens is 3. The molecular weight excluding hydrogens is 397 g/mol. The van der Waals surface area contributed by atoms with E-state index in [0.29, 0.717) is 33.7 Å². The molecule has 26 heavy (non-hydrogen) atoms. The van der Waals surface area contributed by atoms with Gasteiger partial charge in [-0.3, -0.25) is 14.2 Å². The van der Waals surface area contributed by atoms with Gasteiger partial charge in [-0.2, -0.15) is 10.2 Å². The molecule has 0 spiro atoms. The maximum Gasteiger partial charge on any atom is 0.260 e. The third-order valence-electron chi connectivity index (χ3n) is 3.94. The molecule has 9 heteroatoms. The van der Waals surface area contributed by atoms with Gasteiger partial charge >= 0.3 is 0 Å². The van der Waals surface area contributed by atoms with Gasteiger partial charge in [0.1, 0.15) is 5.02 Å². The summed E-state index contributed by atoms with van der Waals surface area (Å²) in [6.07, 6.45) is 3.16. The number of nitrogens with one attached hydrogen (secondary N) is 1. The number of rotatable bonds is 5. The molecule has 0 saturated carbocycles. The van der Waals surface area contributed by atoms with E-state index < -0.39 is 0 Å². The number of anilines is 1. The third-order valence-corrected chi connectivity index (χ3v) is 4.81. The maximum absolute atomic E-state index is 12.5. The van der Waals surface area contributed by atoms with E-state index >= 15 is 0 Å². The molecule has 2 heterocycles. The lowest BCUT2D eigenvalue weighted by molar-refractivity contribution is 0.102. The summed E-state index contributed by atoms with van der Waals surface area (Å²) in [5.74, 6) is -0.0238. The van der Waals surface area contributed by atoms with Crippen LogP contribution < -0.4 is 5.32 Å². The van der Waals surface area contributed by atoms with Crippen molar-refractivity contribution in [3.8, 4) is 0 Å². The molecule has 1 amide bonds. The summed E-state index contributed by atoms with van der Waals surface area (Å²) >= 11 is 18.3. The van der Waals surface area contributed by atoms with Crippen molar-refractivity contribution in [1.82, 2.24) is 19.6 Å². The van der Waals surface area contributed by atoms with Crippen molar-refractivity contribution in [2.75, 3.05) is 5.32 Å². The van der Waals surface area contributed by atoms with E-state index in [-0.39, 0.29) is 11.7 Å². The lowest BCUT2D eigenvalue weighted by atomic mass is 10.2. The van der Waals surface area contributed by atoms with Gasteiger partial charge in [0.15, 0.2) is 5.82 Å². The molecule has 136 valence electrons. The Labute approximate surface area is 165 Å². The van der Waals surface area contributed by atoms with Gasteiger partial charge < -0.3 is 5.32 Å². The minimum atomic E-state index is -0.307. The predicted molar refractivity (Wildman–Crippen MR) is 103 cm³/mol. The highest BCUT2D eigenvalue weighted by Crippen LogP contribution is 2.24. The highest BCUT2D eigenvalue weighted by atomic mass is 35.5. The first kappa shape index (κ1) is 18.8. The molecule has 0 atom stereocenters. The standard InChI is InChI=1S/C17H16Cl3N5O/c1-3-25-10(2)13(7-21-25)17(26)22-16-15(20)9-24(23-16)8-11-4-5-12(18)6-14(11)19/h4-7,9H,3,8H2,1-2H3,(H,22,23,26). The van der Waals surface area contributed by atoms with E-state index in [1.165, 1.54) is 6.20 Å². The normalized spacial score (nSPS) is 11.0. The summed E-state index contributed by atoms with van der Waals surface area (Å²) in [4.78, 5) is 12.5. The number of benzene rings is 1. The number of nitrogens with zero attached hydrogens (tertiary/aromatic N) is 4. The van der Waals surface area contributed by atoms with Crippen molar-refractivity contribution in [3.63, 3.8) is 0 Å². The van der Waals surface area contributed by atoms with E-state index in [0.717, 1.165) is 11.3 Å². The lowest BCUT2D eigenvalue weighted by Crippen LogP contribution is -2.14. The van der Waals surface area contributed by atoms with Gasteiger partial charge in [0.05, 0.1) is 18.3 Å². The summed E-state index contributed by atoms with van der Waals surface area (Å²) in [7, 11) is 0. The average Bonchev–Trinajstić information content (AvgIpc) is 3.12. The largest absolute Gasteiger partial charge is 0.304 e. The van der Waals surface area contributed by atoms with Gasteiger partial charge in [-0.05, 0) is 31.5 Å². The second kappa shape index (κ2) is 7.70. The zero-order valence-electron chi connectivity index (χ0n) is 14.1. The predicted octanol–water partition coefficient (Wildman–Crippen LogP) is 4.67. The van der Waals surface area contributed by atoms with Crippen molar-refractivity contribution in [3.05, 3.63) is 62.5 Å². The Morgan fingerprint density at radius 2 is 2.00 bits per heavy atom. The molecule has 3 aromatic rings. The zero-order chi connectivity index (χ0) is 18.8. The zero-order valence-corrected chi connectivity index (χ0v) is 16.4. The van der Waals surface area contributed by atoms with Crippen LogP contribution in [-0.2, 0) is 13.1 Å². The highest BCUT2D eigenvalue weighted by Gasteiger charge is 2.17. The van der Waals surface area contributed by atoms with Crippen LogP contribution in [0.4, 0.5) is 5.82 Å². The summed E-state index contributed by atoms with van der Waals surface area (Å²) in [5, 5.41) is 12.7. The van der Waals surface area contributed by atoms with Crippen molar-refractivity contribution in [2.45, 2.75) is 26.9 Å². The number of amides is 1. The molecular formula is C17H16Cl3N5O. The van der Waals surface area contributed by atoms with Crippen LogP contribution in [0.15, 0.2) is 30.6 Å². The number of aromatic nitrogens is 4. The Hall–Kier alpha value is -2.02. The van der Waals surface area contributed by atoms with Gasteiger partial charge in [-0.1, -0.05) is 40.9 Å². The molecule has 0 radical (unpaired) electrons. The van der Waals surface area contributed by atoms with Crippen LogP contribution in [0.2, 0.25) is 15.1 Å². The topological polar surface area (TPSA) is 64.7 Å². The molecule has 0 bridgehead atoms. The van der Waals surface area contributed by atoms with Crippen LogP contribution in [0, 0.1) is 6.92 Å². The summed E-state index contributed by atoms with van der Waals surface area (Å²) < 4.78 is 3.35. The fourth-order valence-electron chi connectivity index (χ4n) is 2.55. The first-order valence-corrected chi connectivity index (χ1v) is 9.03. The van der Waals surface area contributed by atoms with E-state index in [1.54, 1.807) is 27.7 Å². The van der Waals surface area contributed by atoms with Crippen LogP contribution in [0.3, 0.4) is 0 Å². The molecule has 0 unspecified atom stereocenters. The van der Waals surface area contributed by atoms with Crippen molar-refractivity contribution in [1.29, 1.82) is 0 Å². The second-order valence-electron chi connectivity index (χ2n) is 5.67. The molecule has 0 aliphatic carbocycles. The monoisotopic (exact) mass is 411 g/mol. The average molecular weight is 413 g/mol. The van der Waals surface area contributed by atoms with Gasteiger partial charge in [0, 0.05) is 28.5 Å². The summed E-state index contributed by atoms with van der Waals surface area (Å²) in [5.41, 5.74) is 2.11. The van der Waals surface area contributed by atoms with Crippen LogP contribution in [0.25, 0.3) is 0 Å². The van der Waals surface area contributed by atoms with Gasteiger partial charge in [-0.25, -0.2) is 0 Å². The molecule has 1 aromatic carbocycles. The Morgan fingerprint density at radius 3 is 2.65 bits per heavy atom. The molecule has 1 N–H and O–H groups in total. The minimum absolute atomic E-state index is 0.283. The van der Waals surface area contributed by atoms with E-state index in [4.69, 9.17) is 34.8 Å². The van der Waals surface area contributed by atoms with Crippen LogP contribution >= 0.6 is 34.8 Å². The van der Waals surface area contributed by atoms with E-state index in [2.05, 4.69) is 15.5 Å². The number of hydrogen-bond acceptors (Lipinski definition) is 3. The van der Waals surface area contributed by atoms with Gasteiger partial charge in [0.2, 0.25) is 0 Å². The first-order valence-electron chi connectivity index (χ1n) is 7.89. The van der Waals surface area contributed by atoms with E-state index in [9.17, 15) is 4.79 Å². The second-order valence-corrected chi connectivity index (χ2v) is 6.92. The first-order chi connectivity index (χ1) is 12.4. The van der Waals surface area contributed by atoms with Crippen LogP contribution in [-0.4, -0.2) is 25.5 Å². The Morgan fingerprint density at radius 1 is 1.23 bits per heavy atom. The molecule has 0 aliphatic heterocycles. The summed E-state index contributed by atoms with van der Waals surface area (Å²) in [6.45, 7) is 4.89. The molecule has 3 rings (SSSR count). The summed E-state index contributed by atoms with van der Waals surface area (Å²) in [6, 6.07) is 5.24. The van der Waals surface area contributed by atoms with Gasteiger partial charge in [-0.15, -0.1) is 0 Å². The Kier molecular flexibility index (Phi) is 5.55. The Bertz CT molecular complexity index is 963. The van der Waals surface area contributed by atoms with Crippen LogP contribution in [0.1, 0.15) is 28.5 Å². The lowest BCUT2D eigenvalue weighted by Gasteiger charge is -2.05. The van der Waals surface area contributed by atoms with Crippen molar-refractivity contribution in [2.24, 2.45) is 0 Å². The fraction of sp³-hybridized carbons (Fsp3) is 0.235. The Balaban J connectivity index is 1.77. The number of carbonyl (C=O) groups excluding carboxylic acids is 1. The molecule has 6 nitrogen and oxygen atoms in total. The van der Waals surface area contributed by atoms with Gasteiger partial charge in [0.25, 0.3) is 5.91 Å². The molecule has 0 fully saturated rings. The minimum Gasteiger partial charge on any atom is -0.304 e. The fourth-order valence-corrected chi connectivity index (χ4v) is 3.22. The number of carbonyl (C=O) groups is 1. The number of aryl methyl sites for hydroxylation is 1. The highest BCUT2D eigenvalue weighted by molar-refractivity contribution is 6.35. The quantitative estimate of drug-likeness (QED) is 0.662. The molecule has 0 saturated heterocycles. The van der Waals surface area contributed by atoms with Crippen molar-refractivity contribution < 1.29 is 4.79 Å². The molecule has 2 aromatic heterocycles. The van der Waals surface area contributed by atoms with Crippen molar-refractivity contribution >= 4 is 46.5 Å². The number of hydrogen-bond donors (Lipinski definition) is 1. The van der Waals surface area contributed by atoms with Crippen LogP contribution in [0.5, 0.6) is 0 Å². The van der Waals surface area contributed by atoms with E-state index in [1.807, 2.05) is 19.9 Å².